The number of hydrogen-bond acceptors (Lipinski definition) is 11. The smallest absolute Gasteiger partial charge is 0.319 e. The molecule has 0 bridgehead atoms. The van der Waals surface area contributed by atoms with Crippen molar-refractivity contribution in [1.82, 2.24) is 24.8 Å². The second-order valence-electron chi connectivity index (χ2n) is 14.6. The highest BCUT2D eigenvalue weighted by Crippen LogP contribution is 2.37. The molecule has 1 unspecified atom stereocenters. The molecule has 11 nitrogen and oxygen atoms in total. The molecule has 2 aromatic carbocycles. The Labute approximate surface area is 329 Å². The highest BCUT2D eigenvalue weighted by atomic mass is 127. The Kier molecular flexibility index (Phi) is 11.4. The third-order valence-electron chi connectivity index (χ3n) is 10.4. The van der Waals surface area contributed by atoms with Crippen LogP contribution in [0.15, 0.2) is 60.8 Å². The van der Waals surface area contributed by atoms with Crippen LogP contribution in [0.4, 0.5) is 16.0 Å². The van der Waals surface area contributed by atoms with Crippen molar-refractivity contribution in [3.63, 3.8) is 0 Å². The van der Waals surface area contributed by atoms with E-state index in [0.29, 0.717) is 61.9 Å². The first kappa shape index (κ1) is 38.0. The number of fused-ring (bicyclic) bond motifs is 1. The van der Waals surface area contributed by atoms with Crippen LogP contribution in [0.3, 0.4) is 0 Å². The molecule has 54 heavy (non-hydrogen) atoms. The number of likely N-dealkylation sites (N-methyl/N-ethyl adjacent to an activating group) is 1. The SMILES string of the molecule is COc1ccc(CN(Cc2ccc(OC)cc2)c2cc(C)c(I)c(-c3ncc4c(N5CCCC(C)(O)C5)nc(OC[C@@H]5CCCN5C)nc4c3F)n2)cc1. The number of piperidine rings is 1. The molecular weight excluding hydrogens is 800 g/mol. The van der Waals surface area contributed by atoms with Gasteiger partial charge in [-0.05, 0) is 123 Å². The summed E-state index contributed by atoms with van der Waals surface area (Å²) in [4.78, 5) is 25.8. The molecular formula is C41H47FIN7O4. The lowest BCUT2D eigenvalue weighted by molar-refractivity contribution is 0.0447. The van der Waals surface area contributed by atoms with Gasteiger partial charge in [0.2, 0.25) is 0 Å². The average molecular weight is 848 g/mol. The lowest BCUT2D eigenvalue weighted by Gasteiger charge is -2.37. The first-order valence-corrected chi connectivity index (χ1v) is 19.4. The van der Waals surface area contributed by atoms with E-state index in [4.69, 9.17) is 29.2 Å². The molecule has 5 heterocycles. The number of aromatic nitrogens is 4. The standard InChI is InChI=1S/C41H47FIN7O4/c1-26-20-33(50(22-27-9-13-30(52-4)14-10-27)23-28-11-15-31(53-5)16-12-28)45-38(35(26)43)37-34(42)36-32(21-44-37)39(49-19-7-17-41(2,51)25-49)47-40(46-36)54-24-29-8-6-18-48(29)3/h9-16,20-21,29,51H,6-8,17-19,22-25H2,1-5H3/t29-,41?/m0/s1. The molecule has 0 radical (unpaired) electrons. The fourth-order valence-electron chi connectivity index (χ4n) is 7.33. The lowest BCUT2D eigenvalue weighted by Crippen LogP contribution is -2.46. The van der Waals surface area contributed by atoms with E-state index in [2.05, 4.69) is 44.4 Å². The zero-order chi connectivity index (χ0) is 38.0. The van der Waals surface area contributed by atoms with E-state index in [1.165, 1.54) is 0 Å². The van der Waals surface area contributed by atoms with Gasteiger partial charge in [-0.3, -0.25) is 4.98 Å². The van der Waals surface area contributed by atoms with Crippen LogP contribution in [0, 0.1) is 16.3 Å². The number of ether oxygens (including phenoxy) is 3. The monoisotopic (exact) mass is 847 g/mol. The number of β-amino-alcohol motifs (C(OH)–C–C–N with tert-alkyl or cyclic N) is 1. The second kappa shape index (κ2) is 16.2. The molecule has 1 N–H and O–H groups in total. The predicted molar refractivity (Wildman–Crippen MR) is 217 cm³/mol. The summed E-state index contributed by atoms with van der Waals surface area (Å²) in [5.74, 6) is 2.15. The van der Waals surface area contributed by atoms with E-state index in [0.717, 1.165) is 57.6 Å². The number of nitrogens with zero attached hydrogens (tertiary/aromatic N) is 7. The van der Waals surface area contributed by atoms with Gasteiger partial charge in [-0.2, -0.15) is 9.97 Å². The van der Waals surface area contributed by atoms with Crippen LogP contribution in [-0.4, -0.2) is 89.1 Å². The fraction of sp³-hybridized carbons (Fsp3) is 0.415. The van der Waals surface area contributed by atoms with Crippen molar-refractivity contribution in [2.75, 3.05) is 57.3 Å². The summed E-state index contributed by atoms with van der Waals surface area (Å²) in [6, 6.07) is 18.3. The Bertz CT molecular complexity index is 2050. The second-order valence-corrected chi connectivity index (χ2v) is 15.7. The van der Waals surface area contributed by atoms with Gasteiger partial charge in [0.15, 0.2) is 5.82 Å². The van der Waals surface area contributed by atoms with Crippen molar-refractivity contribution in [1.29, 1.82) is 0 Å². The maximum Gasteiger partial charge on any atom is 0.319 e. The van der Waals surface area contributed by atoms with Gasteiger partial charge in [0.1, 0.15) is 46.6 Å². The number of halogens is 2. The molecule has 0 aliphatic carbocycles. The van der Waals surface area contributed by atoms with Crippen molar-refractivity contribution in [2.45, 2.75) is 64.3 Å². The molecule has 2 saturated heterocycles. The van der Waals surface area contributed by atoms with Crippen molar-refractivity contribution in [3.05, 3.63) is 86.9 Å². The van der Waals surface area contributed by atoms with Crippen LogP contribution < -0.4 is 24.0 Å². The number of aryl methyl sites for hydroxylation is 1. The summed E-state index contributed by atoms with van der Waals surface area (Å²) in [5.41, 5.74) is 2.80. The van der Waals surface area contributed by atoms with E-state index >= 15 is 4.39 Å². The predicted octanol–water partition coefficient (Wildman–Crippen LogP) is 7.19. The quantitative estimate of drug-likeness (QED) is 0.129. The van der Waals surface area contributed by atoms with Crippen molar-refractivity contribution < 1.29 is 23.7 Å². The average Bonchev–Trinajstić information content (AvgIpc) is 3.59. The van der Waals surface area contributed by atoms with E-state index in [-0.39, 0.29) is 23.3 Å². The van der Waals surface area contributed by atoms with Crippen LogP contribution in [0.5, 0.6) is 17.5 Å². The van der Waals surface area contributed by atoms with Crippen LogP contribution in [0.1, 0.15) is 49.3 Å². The van der Waals surface area contributed by atoms with Gasteiger partial charge in [-0.1, -0.05) is 24.3 Å². The molecule has 0 spiro atoms. The number of likely N-dealkylation sites (tertiary alicyclic amines) is 1. The van der Waals surface area contributed by atoms with Gasteiger partial charge in [-0.15, -0.1) is 0 Å². The Morgan fingerprint density at radius 2 is 1.61 bits per heavy atom. The third-order valence-corrected chi connectivity index (χ3v) is 11.8. The molecule has 13 heteroatoms. The highest BCUT2D eigenvalue weighted by molar-refractivity contribution is 14.1. The molecule has 3 aromatic heterocycles. The van der Waals surface area contributed by atoms with Crippen molar-refractivity contribution in [3.8, 4) is 28.9 Å². The molecule has 0 saturated carbocycles. The molecule has 2 aliphatic rings. The van der Waals surface area contributed by atoms with Crippen LogP contribution in [0.2, 0.25) is 0 Å². The highest BCUT2D eigenvalue weighted by Gasteiger charge is 2.32. The first-order valence-electron chi connectivity index (χ1n) is 18.4. The summed E-state index contributed by atoms with van der Waals surface area (Å²) in [6.07, 6.45) is 5.19. The number of benzene rings is 2. The van der Waals surface area contributed by atoms with Crippen molar-refractivity contribution >= 4 is 45.1 Å². The van der Waals surface area contributed by atoms with Crippen LogP contribution in [0.25, 0.3) is 22.3 Å². The minimum Gasteiger partial charge on any atom is -0.497 e. The maximum absolute atomic E-state index is 17.2. The van der Waals surface area contributed by atoms with E-state index in [1.807, 2.05) is 73.3 Å². The normalized spacial score (nSPS) is 19.0. The summed E-state index contributed by atoms with van der Waals surface area (Å²) in [5, 5.41) is 11.5. The summed E-state index contributed by atoms with van der Waals surface area (Å²) in [7, 11) is 5.39. The summed E-state index contributed by atoms with van der Waals surface area (Å²) < 4.78 is 34.9. The molecule has 284 valence electrons. The minimum absolute atomic E-state index is 0.0995. The molecule has 0 amide bonds. The zero-order valence-electron chi connectivity index (χ0n) is 31.5. The number of methoxy groups -OCH3 is 2. The van der Waals surface area contributed by atoms with E-state index in [1.54, 1.807) is 20.4 Å². The number of aliphatic hydroxyl groups is 1. The van der Waals surface area contributed by atoms with Gasteiger partial charge in [-0.25, -0.2) is 9.37 Å². The minimum atomic E-state index is -0.906. The first-order chi connectivity index (χ1) is 26.0. The molecule has 2 fully saturated rings. The maximum atomic E-state index is 17.2. The third kappa shape index (κ3) is 8.32. The zero-order valence-corrected chi connectivity index (χ0v) is 33.6. The fourth-order valence-corrected chi connectivity index (χ4v) is 7.86. The molecule has 7 rings (SSSR count). The molecule has 5 aromatic rings. The van der Waals surface area contributed by atoms with E-state index in [9.17, 15) is 5.11 Å². The summed E-state index contributed by atoms with van der Waals surface area (Å²) >= 11 is 2.23. The molecule has 2 atom stereocenters. The van der Waals surface area contributed by atoms with Gasteiger partial charge < -0.3 is 34.0 Å². The number of hydrogen-bond donors (Lipinski definition) is 1. The lowest BCUT2D eigenvalue weighted by atomic mass is 9.95. The summed E-state index contributed by atoms with van der Waals surface area (Å²) in [6.45, 7) is 7.34. The molecule has 2 aliphatic heterocycles. The number of pyridine rings is 2. The number of anilines is 2. The van der Waals surface area contributed by atoms with Crippen LogP contribution >= 0.6 is 22.6 Å². The van der Waals surface area contributed by atoms with Gasteiger partial charge >= 0.3 is 6.01 Å². The van der Waals surface area contributed by atoms with Gasteiger partial charge in [0.25, 0.3) is 0 Å². The Balaban J connectivity index is 1.30. The topological polar surface area (TPSA) is 109 Å². The van der Waals surface area contributed by atoms with Gasteiger partial charge in [0.05, 0.1) is 25.2 Å². The van der Waals surface area contributed by atoms with E-state index < -0.39 is 11.4 Å². The largest absolute Gasteiger partial charge is 0.497 e. The van der Waals surface area contributed by atoms with Crippen LogP contribution in [-0.2, 0) is 13.1 Å². The number of rotatable bonds is 12. The Hall–Kier alpha value is -4.34. The Morgan fingerprint density at radius 1 is 0.944 bits per heavy atom. The van der Waals surface area contributed by atoms with Gasteiger partial charge in [0, 0.05) is 42.0 Å². The Morgan fingerprint density at radius 3 is 2.20 bits per heavy atom. The van der Waals surface area contributed by atoms with Crippen molar-refractivity contribution in [2.24, 2.45) is 0 Å².